The van der Waals surface area contributed by atoms with E-state index in [2.05, 4.69) is 4.18 Å². The molecule has 0 amide bonds. The molecule has 0 fully saturated rings. The molecule has 0 heterocycles. The first kappa shape index (κ1) is 21.3. The number of benzene rings is 2. The van der Waals surface area contributed by atoms with Gasteiger partial charge in [0.25, 0.3) is 0 Å². The summed E-state index contributed by atoms with van der Waals surface area (Å²) in [7, 11) is -4.83. The highest BCUT2D eigenvalue weighted by atomic mass is 32.2. The van der Waals surface area contributed by atoms with Crippen molar-refractivity contribution in [2.45, 2.75) is 24.5 Å². The minimum absolute atomic E-state index is 0.211. The first-order valence-corrected chi connectivity index (χ1v) is 10.2. The highest BCUT2D eigenvalue weighted by molar-refractivity contribution is 7.87. The van der Waals surface area contributed by atoms with Gasteiger partial charge in [-0.1, -0.05) is 61.5 Å². The van der Waals surface area contributed by atoms with E-state index in [0.29, 0.717) is 5.56 Å². The molecule has 0 spiro atoms. The Kier molecular flexibility index (Phi) is 5.73. The Balaban J connectivity index is 2.19. The summed E-state index contributed by atoms with van der Waals surface area (Å²) >= 11 is 0. The van der Waals surface area contributed by atoms with Crippen LogP contribution in [0.15, 0.2) is 54.6 Å². The van der Waals surface area contributed by atoms with Gasteiger partial charge in [-0.15, -0.1) is 0 Å². The van der Waals surface area contributed by atoms with Gasteiger partial charge in [0.2, 0.25) is 0 Å². The maximum atomic E-state index is 13.0. The number of halogens is 3. The van der Waals surface area contributed by atoms with E-state index in [0.717, 1.165) is 12.7 Å². The van der Waals surface area contributed by atoms with E-state index >= 15 is 0 Å². The van der Waals surface area contributed by atoms with E-state index in [1.54, 1.807) is 25.1 Å². The zero-order chi connectivity index (χ0) is 21.4. The summed E-state index contributed by atoms with van der Waals surface area (Å²) in [5, 5.41) is 0. The lowest BCUT2D eigenvalue weighted by Gasteiger charge is -2.41. The van der Waals surface area contributed by atoms with E-state index in [9.17, 15) is 26.4 Å². The van der Waals surface area contributed by atoms with E-state index < -0.39 is 39.5 Å². The summed E-state index contributed by atoms with van der Waals surface area (Å²) in [4.78, 5) is 12.5. The van der Waals surface area contributed by atoms with Gasteiger partial charge in [0.05, 0.1) is 13.0 Å². The first-order valence-electron chi connectivity index (χ1n) is 8.79. The molecule has 0 radical (unpaired) electrons. The van der Waals surface area contributed by atoms with Crippen molar-refractivity contribution in [1.29, 1.82) is 0 Å². The van der Waals surface area contributed by atoms with Crippen molar-refractivity contribution in [3.8, 4) is 0 Å². The molecular weight excluding hydrogens is 409 g/mol. The predicted octanol–water partition coefficient (Wildman–Crippen LogP) is 4.16. The number of alkyl halides is 3. The highest BCUT2D eigenvalue weighted by Gasteiger charge is 2.53. The van der Waals surface area contributed by atoms with E-state index in [4.69, 9.17) is 4.74 Å². The Hall–Kier alpha value is -2.39. The van der Waals surface area contributed by atoms with Crippen LogP contribution in [0.3, 0.4) is 0 Å². The molecule has 0 bridgehead atoms. The van der Waals surface area contributed by atoms with Gasteiger partial charge in [0.15, 0.2) is 0 Å². The molecule has 0 N–H and O–H groups in total. The number of carbonyl (C=O) groups excluding carboxylic acids is 1. The van der Waals surface area contributed by atoms with Gasteiger partial charge in [-0.3, -0.25) is 8.98 Å². The van der Waals surface area contributed by atoms with Gasteiger partial charge in [-0.25, -0.2) is 0 Å². The van der Waals surface area contributed by atoms with Crippen LogP contribution in [0.4, 0.5) is 13.2 Å². The molecule has 156 valence electrons. The smallest absolute Gasteiger partial charge is 0.469 e. The van der Waals surface area contributed by atoms with Crippen LogP contribution >= 0.6 is 0 Å². The molecule has 0 saturated heterocycles. The average Bonchev–Trinajstić information content (AvgIpc) is 2.67. The Labute approximate surface area is 166 Å². The van der Waals surface area contributed by atoms with Crippen molar-refractivity contribution >= 4 is 16.1 Å². The highest BCUT2D eigenvalue weighted by Crippen LogP contribution is 2.51. The Morgan fingerprint density at radius 2 is 1.52 bits per heavy atom. The Bertz CT molecular complexity index is 989. The molecule has 5 nitrogen and oxygen atoms in total. The second-order valence-corrected chi connectivity index (χ2v) is 8.41. The van der Waals surface area contributed by atoms with Gasteiger partial charge in [0, 0.05) is 5.92 Å². The molecule has 0 saturated carbocycles. The topological polar surface area (TPSA) is 69.7 Å². The molecule has 0 aliphatic heterocycles. The van der Waals surface area contributed by atoms with E-state index in [-0.39, 0.29) is 11.5 Å². The lowest BCUT2D eigenvalue weighted by Crippen LogP contribution is -2.41. The molecular formula is C20H19F3O5S. The second-order valence-electron chi connectivity index (χ2n) is 6.84. The number of hydrogen-bond donors (Lipinski definition) is 0. The lowest BCUT2D eigenvalue weighted by atomic mass is 9.66. The standard InChI is InChI=1S/C20H19F3O5S/c1-12-16(13-8-4-3-5-9-13)14-10-6-7-11-15(14)18(17(12)19(24)27-2)28-29(25,26)20(21,22)23/h3-12,16-18H,1-2H3/t12-,16+,17?,18?/m1/s1. The molecule has 2 unspecified atom stereocenters. The van der Waals surface area contributed by atoms with E-state index in [1.807, 2.05) is 30.3 Å². The van der Waals surface area contributed by atoms with Crippen LogP contribution in [0.2, 0.25) is 0 Å². The van der Waals surface area contributed by atoms with Crippen LogP contribution in [0, 0.1) is 11.8 Å². The third-order valence-corrected chi connectivity index (χ3v) is 6.23. The summed E-state index contributed by atoms with van der Waals surface area (Å²) < 4.78 is 71.8. The lowest BCUT2D eigenvalue weighted by molar-refractivity contribution is -0.153. The number of ether oxygens (including phenoxy) is 1. The number of methoxy groups -OCH3 is 1. The molecule has 0 aromatic heterocycles. The van der Waals surface area contributed by atoms with Crippen molar-refractivity contribution in [3.05, 3.63) is 71.3 Å². The average molecular weight is 428 g/mol. The van der Waals surface area contributed by atoms with Crippen LogP contribution in [0.25, 0.3) is 0 Å². The number of hydrogen-bond acceptors (Lipinski definition) is 5. The second kappa shape index (κ2) is 7.79. The number of carbonyl (C=O) groups is 1. The number of rotatable bonds is 4. The van der Waals surface area contributed by atoms with Crippen LogP contribution in [-0.4, -0.2) is 27.0 Å². The van der Waals surface area contributed by atoms with Crippen LogP contribution in [0.5, 0.6) is 0 Å². The zero-order valence-electron chi connectivity index (χ0n) is 15.6. The molecule has 3 rings (SSSR count). The fourth-order valence-corrected chi connectivity index (χ4v) is 4.54. The van der Waals surface area contributed by atoms with Crippen LogP contribution < -0.4 is 0 Å². The molecule has 2 aromatic rings. The third kappa shape index (κ3) is 3.89. The Morgan fingerprint density at radius 1 is 0.966 bits per heavy atom. The SMILES string of the molecule is COC(=O)C1C(OS(=O)(=O)C(F)(F)F)c2ccccc2[C@H](c2ccccc2)[C@H]1C. The fraction of sp³-hybridized carbons (Fsp3) is 0.350. The van der Waals surface area contributed by atoms with Crippen molar-refractivity contribution in [2.24, 2.45) is 11.8 Å². The van der Waals surface area contributed by atoms with Gasteiger partial charge < -0.3 is 4.74 Å². The summed E-state index contributed by atoms with van der Waals surface area (Å²) in [5.74, 6) is -3.04. The maximum Gasteiger partial charge on any atom is 0.523 e. The normalized spacial score (nSPS) is 24.6. The molecule has 1 aliphatic carbocycles. The van der Waals surface area contributed by atoms with Crippen molar-refractivity contribution in [3.63, 3.8) is 0 Å². The fourth-order valence-electron chi connectivity index (χ4n) is 3.93. The minimum atomic E-state index is -5.93. The number of fused-ring (bicyclic) bond motifs is 1. The molecule has 29 heavy (non-hydrogen) atoms. The molecule has 4 atom stereocenters. The van der Waals surface area contributed by atoms with Gasteiger partial charge >= 0.3 is 21.6 Å². The third-order valence-electron chi connectivity index (χ3n) is 5.20. The van der Waals surface area contributed by atoms with Gasteiger partial charge in [0.1, 0.15) is 6.10 Å². The van der Waals surface area contributed by atoms with Crippen LogP contribution in [0.1, 0.15) is 35.6 Å². The molecule has 1 aliphatic rings. The van der Waals surface area contributed by atoms with Crippen molar-refractivity contribution in [2.75, 3.05) is 7.11 Å². The summed E-state index contributed by atoms with van der Waals surface area (Å²) in [5.41, 5.74) is -3.95. The summed E-state index contributed by atoms with van der Waals surface area (Å²) in [6.07, 6.45) is -1.65. The largest absolute Gasteiger partial charge is 0.523 e. The molecule has 2 aromatic carbocycles. The minimum Gasteiger partial charge on any atom is -0.469 e. The van der Waals surface area contributed by atoms with Crippen LogP contribution in [-0.2, 0) is 23.8 Å². The first-order chi connectivity index (χ1) is 13.6. The van der Waals surface area contributed by atoms with Gasteiger partial charge in [-0.2, -0.15) is 21.6 Å². The zero-order valence-corrected chi connectivity index (χ0v) is 16.4. The number of esters is 1. The van der Waals surface area contributed by atoms with Crippen molar-refractivity contribution < 1.29 is 35.3 Å². The maximum absolute atomic E-state index is 13.0. The predicted molar refractivity (Wildman–Crippen MR) is 98.2 cm³/mol. The molecule has 9 heteroatoms. The quantitative estimate of drug-likeness (QED) is 0.415. The van der Waals surface area contributed by atoms with E-state index in [1.165, 1.54) is 6.07 Å². The van der Waals surface area contributed by atoms with Crippen molar-refractivity contribution in [1.82, 2.24) is 0 Å². The monoisotopic (exact) mass is 428 g/mol. The summed E-state index contributed by atoms with van der Waals surface area (Å²) in [6.45, 7) is 1.67. The Morgan fingerprint density at radius 3 is 2.07 bits per heavy atom. The summed E-state index contributed by atoms with van der Waals surface area (Å²) in [6, 6.07) is 15.6. The van der Waals surface area contributed by atoms with Gasteiger partial charge in [-0.05, 0) is 22.6 Å².